The van der Waals surface area contributed by atoms with Gasteiger partial charge in [-0.25, -0.2) is 4.98 Å². The van der Waals surface area contributed by atoms with Crippen molar-refractivity contribution in [1.82, 2.24) is 4.98 Å². The highest BCUT2D eigenvalue weighted by molar-refractivity contribution is 7.09. The summed E-state index contributed by atoms with van der Waals surface area (Å²) in [6.07, 6.45) is 10.4. The topological polar surface area (TPSA) is 79.4 Å². The molecule has 138 valence electrons. The van der Waals surface area contributed by atoms with E-state index in [0.717, 1.165) is 12.8 Å². The third kappa shape index (κ3) is 9.61. The van der Waals surface area contributed by atoms with Crippen LogP contribution in [0.1, 0.15) is 81.5 Å². The summed E-state index contributed by atoms with van der Waals surface area (Å²) in [5, 5.41) is 21.1. The number of unbranched alkanes of at least 4 members (excludes halogenated alkanes) is 8. The second-order valence-electron chi connectivity index (χ2n) is 5.89. The minimum Gasteiger partial charge on any atom is -0.395 e. The molecule has 0 spiro atoms. The molecule has 0 aliphatic heterocycles. The Kier molecular flexibility index (Phi) is 14.3. The number of rotatable bonds is 11. The highest BCUT2D eigenvalue weighted by atomic mass is 35.5. The van der Waals surface area contributed by atoms with Gasteiger partial charge in [0.1, 0.15) is 16.8 Å². The van der Waals surface area contributed by atoms with Gasteiger partial charge in [0.2, 0.25) is 0 Å². The Balaban J connectivity index is 0.00000529. The normalized spacial score (nSPS) is 12.8. The molecule has 6 heteroatoms. The molecule has 1 heterocycles. The van der Waals surface area contributed by atoms with Crippen molar-refractivity contribution in [1.29, 1.82) is 0 Å². The molecule has 2 atom stereocenters. The summed E-state index contributed by atoms with van der Waals surface area (Å²) in [5.74, 6) is 6.17. The van der Waals surface area contributed by atoms with Gasteiger partial charge in [0, 0.05) is 11.8 Å². The fourth-order valence-electron chi connectivity index (χ4n) is 2.26. The van der Waals surface area contributed by atoms with Crippen molar-refractivity contribution < 1.29 is 10.2 Å². The molecule has 1 aromatic rings. The number of aliphatic hydroxyl groups is 2. The average Bonchev–Trinajstić information content (AvgIpc) is 3.04. The van der Waals surface area contributed by atoms with Gasteiger partial charge >= 0.3 is 0 Å². The van der Waals surface area contributed by atoms with Gasteiger partial charge in [0.15, 0.2) is 0 Å². The summed E-state index contributed by atoms with van der Waals surface area (Å²) >= 11 is 1.33. The number of halogens is 1. The molecule has 0 amide bonds. The summed E-state index contributed by atoms with van der Waals surface area (Å²) < 4.78 is 0. The molecule has 0 aliphatic rings. The van der Waals surface area contributed by atoms with E-state index in [1.807, 2.05) is 5.38 Å². The number of nitrogens with zero attached hydrogens (tertiary/aromatic N) is 1. The molecule has 4 nitrogen and oxygen atoms in total. The first-order valence-corrected chi connectivity index (χ1v) is 9.55. The van der Waals surface area contributed by atoms with Gasteiger partial charge in [-0.3, -0.25) is 0 Å². The van der Waals surface area contributed by atoms with E-state index in [-0.39, 0.29) is 19.0 Å². The molecule has 0 aliphatic carbocycles. The van der Waals surface area contributed by atoms with Crippen LogP contribution in [0.4, 0.5) is 0 Å². The van der Waals surface area contributed by atoms with Crippen LogP contribution in [0.2, 0.25) is 0 Å². The minimum atomic E-state index is -0.923. The Morgan fingerprint density at radius 2 is 1.79 bits per heavy atom. The zero-order valence-corrected chi connectivity index (χ0v) is 16.2. The van der Waals surface area contributed by atoms with Gasteiger partial charge in [-0.1, -0.05) is 57.8 Å². The van der Waals surface area contributed by atoms with Crippen molar-refractivity contribution in [3.05, 3.63) is 16.1 Å². The van der Waals surface area contributed by atoms with Crippen LogP contribution in [0.5, 0.6) is 0 Å². The van der Waals surface area contributed by atoms with E-state index in [0.29, 0.717) is 10.7 Å². The van der Waals surface area contributed by atoms with Gasteiger partial charge < -0.3 is 15.9 Å². The molecule has 24 heavy (non-hydrogen) atoms. The van der Waals surface area contributed by atoms with Crippen LogP contribution in [0.3, 0.4) is 0 Å². The molecular weight excluding hydrogens is 344 g/mol. The number of hydrogen-bond donors (Lipinski definition) is 3. The first kappa shape index (κ1) is 23.4. The lowest BCUT2D eigenvalue weighted by atomic mass is 10.1. The molecular formula is C18H31ClN2O2S. The largest absolute Gasteiger partial charge is 0.395 e. The fraction of sp³-hybridized carbons (Fsp3) is 0.722. The predicted octanol–water partition coefficient (Wildman–Crippen LogP) is 3.80. The van der Waals surface area contributed by atoms with Crippen LogP contribution >= 0.6 is 23.7 Å². The number of aliphatic hydroxyl groups excluding tert-OH is 2. The molecule has 0 bridgehead atoms. The lowest BCUT2D eigenvalue weighted by Crippen LogP contribution is -2.31. The van der Waals surface area contributed by atoms with Crippen molar-refractivity contribution in [3.8, 4) is 11.8 Å². The van der Waals surface area contributed by atoms with Crippen molar-refractivity contribution in [2.75, 3.05) is 6.61 Å². The Bertz CT molecular complexity index is 485. The van der Waals surface area contributed by atoms with E-state index in [4.69, 9.17) is 10.8 Å². The van der Waals surface area contributed by atoms with Gasteiger partial charge in [-0.15, -0.1) is 23.7 Å². The molecule has 1 aromatic heterocycles. The van der Waals surface area contributed by atoms with Crippen LogP contribution < -0.4 is 5.73 Å². The van der Waals surface area contributed by atoms with E-state index < -0.39 is 12.1 Å². The molecule has 4 N–H and O–H groups in total. The molecule has 0 saturated carbocycles. The van der Waals surface area contributed by atoms with E-state index >= 15 is 0 Å². The first-order chi connectivity index (χ1) is 11.2. The molecule has 0 aromatic carbocycles. The quantitative estimate of drug-likeness (QED) is 0.406. The van der Waals surface area contributed by atoms with Crippen LogP contribution in [-0.2, 0) is 0 Å². The highest BCUT2D eigenvalue weighted by Crippen LogP contribution is 2.20. The molecule has 2 unspecified atom stereocenters. The zero-order valence-electron chi connectivity index (χ0n) is 14.5. The van der Waals surface area contributed by atoms with Crippen molar-refractivity contribution in [3.63, 3.8) is 0 Å². The number of thiazole rings is 1. The Hall–Kier alpha value is -0.640. The van der Waals surface area contributed by atoms with Crippen molar-refractivity contribution >= 4 is 23.7 Å². The van der Waals surface area contributed by atoms with Gasteiger partial charge in [0.25, 0.3) is 0 Å². The van der Waals surface area contributed by atoms with Gasteiger partial charge in [-0.05, 0) is 12.3 Å². The second-order valence-corrected chi connectivity index (χ2v) is 6.78. The minimum absolute atomic E-state index is 0. The number of nitrogens with two attached hydrogens (primary N) is 1. The molecule has 0 radical (unpaired) electrons. The molecule has 0 saturated heterocycles. The van der Waals surface area contributed by atoms with E-state index in [2.05, 4.69) is 23.7 Å². The van der Waals surface area contributed by atoms with E-state index in [9.17, 15) is 5.11 Å². The summed E-state index contributed by atoms with van der Waals surface area (Å²) in [6.45, 7) is 1.98. The summed E-state index contributed by atoms with van der Waals surface area (Å²) in [5.41, 5.74) is 6.27. The summed E-state index contributed by atoms with van der Waals surface area (Å²) in [7, 11) is 0. The summed E-state index contributed by atoms with van der Waals surface area (Å²) in [4.78, 5) is 4.26. The van der Waals surface area contributed by atoms with E-state index in [1.165, 1.54) is 56.3 Å². The Labute approximate surface area is 156 Å². The Morgan fingerprint density at radius 3 is 2.42 bits per heavy atom. The Morgan fingerprint density at radius 1 is 1.17 bits per heavy atom. The summed E-state index contributed by atoms with van der Waals surface area (Å²) in [6, 6.07) is -0.695. The fourth-order valence-corrected chi connectivity index (χ4v) is 3.07. The monoisotopic (exact) mass is 374 g/mol. The standard InChI is InChI=1S/C18H30N2O2S.ClH/c1-2-3-4-5-6-7-8-9-10-11-12-15-14-23-18(20-15)17(22)16(19)13-21;/h14,16-17,21-22H,2-10,13,19H2,1H3;1H. The van der Waals surface area contributed by atoms with Crippen LogP contribution in [0, 0.1) is 11.8 Å². The van der Waals surface area contributed by atoms with Crippen LogP contribution in [0.25, 0.3) is 0 Å². The predicted molar refractivity (Wildman–Crippen MR) is 103 cm³/mol. The smallest absolute Gasteiger partial charge is 0.124 e. The molecule has 1 rings (SSSR count). The average molecular weight is 375 g/mol. The van der Waals surface area contributed by atoms with Crippen molar-refractivity contribution in [2.24, 2.45) is 5.73 Å². The number of aromatic nitrogens is 1. The maximum Gasteiger partial charge on any atom is 0.124 e. The van der Waals surface area contributed by atoms with Crippen molar-refractivity contribution in [2.45, 2.75) is 76.9 Å². The number of hydrogen-bond acceptors (Lipinski definition) is 5. The van der Waals surface area contributed by atoms with Gasteiger partial charge in [0.05, 0.1) is 12.6 Å². The van der Waals surface area contributed by atoms with E-state index in [1.54, 1.807) is 0 Å². The van der Waals surface area contributed by atoms with Crippen LogP contribution in [0.15, 0.2) is 5.38 Å². The van der Waals surface area contributed by atoms with Gasteiger partial charge in [-0.2, -0.15) is 0 Å². The maximum atomic E-state index is 9.86. The lowest BCUT2D eigenvalue weighted by Gasteiger charge is -2.12. The SMILES string of the molecule is CCCCCCCCCCC#Cc1csc(C(O)C(N)CO)n1.Cl. The maximum absolute atomic E-state index is 9.86. The lowest BCUT2D eigenvalue weighted by molar-refractivity contribution is 0.109. The third-order valence-electron chi connectivity index (χ3n) is 3.76. The molecule has 0 fully saturated rings. The first-order valence-electron chi connectivity index (χ1n) is 8.67. The second kappa shape index (κ2) is 14.7. The zero-order chi connectivity index (χ0) is 16.9. The third-order valence-corrected chi connectivity index (χ3v) is 4.68. The highest BCUT2D eigenvalue weighted by Gasteiger charge is 2.19. The van der Waals surface area contributed by atoms with Crippen LogP contribution in [-0.4, -0.2) is 27.8 Å².